The van der Waals surface area contributed by atoms with Crippen molar-refractivity contribution in [2.24, 2.45) is 16.6 Å². The molecule has 3 aliphatic heterocycles. The number of likely N-dealkylation sites (tertiary alicyclic amines) is 1. The van der Waals surface area contributed by atoms with Crippen LogP contribution < -0.4 is 27.0 Å². The second kappa shape index (κ2) is 29.4. The molecule has 0 bridgehead atoms. The molecule has 2 aromatic carbocycles. The molecule has 0 saturated carbocycles. The van der Waals surface area contributed by atoms with E-state index in [1.807, 2.05) is 81.4 Å². The highest BCUT2D eigenvalue weighted by Crippen LogP contribution is 2.40. The van der Waals surface area contributed by atoms with E-state index in [2.05, 4.69) is 35.4 Å². The number of hydrogen-bond donors (Lipinski definition) is 5. The van der Waals surface area contributed by atoms with Gasteiger partial charge in [0.15, 0.2) is 5.82 Å². The third-order valence-corrected chi connectivity index (χ3v) is 19.2. The number of halogens is 2. The first kappa shape index (κ1) is 62.0. The minimum absolute atomic E-state index is 0.0346. The SMILES string of the molecule is Cc1ncsc1-c1ccc([C@H](C)NC(=O)[C@@H]2C[C@@H](O)CN2C(=O)[C@@H](NC(=O)CCCCCCCCCN2CCN(C(=O)CCCCCC3(CN)CCN(c4cnc(Sc5cccc(Cl)c5Cl)c(N)n4)CC3)CC2)C(C)(C)C)cc1. The molecule has 79 heavy (non-hydrogen) atoms. The van der Waals surface area contributed by atoms with Gasteiger partial charge in [0.05, 0.1) is 44.5 Å². The van der Waals surface area contributed by atoms with Crippen LogP contribution in [0.5, 0.6) is 0 Å². The maximum atomic E-state index is 14.1. The molecule has 432 valence electrons. The lowest BCUT2D eigenvalue weighted by Crippen LogP contribution is -2.57. The second-order valence-electron chi connectivity index (χ2n) is 23.2. The lowest BCUT2D eigenvalue weighted by molar-refractivity contribution is -0.144. The quantitative estimate of drug-likeness (QED) is 0.0371. The largest absolute Gasteiger partial charge is 0.391 e. The van der Waals surface area contributed by atoms with Crippen LogP contribution in [0.15, 0.2) is 64.1 Å². The number of carbonyl (C=O) groups excluding carboxylic acids is 4. The van der Waals surface area contributed by atoms with Gasteiger partial charge >= 0.3 is 0 Å². The Morgan fingerprint density at radius 3 is 2.20 bits per heavy atom. The van der Waals surface area contributed by atoms with Gasteiger partial charge in [-0.05, 0) is 99.6 Å². The van der Waals surface area contributed by atoms with Crippen molar-refractivity contribution >= 4 is 81.6 Å². The lowest BCUT2D eigenvalue weighted by Gasteiger charge is -2.42. The molecule has 2 aromatic heterocycles. The number of nitrogens with one attached hydrogen (secondary N) is 2. The topological polar surface area (TPSA) is 216 Å². The summed E-state index contributed by atoms with van der Waals surface area (Å²) in [6.07, 6.45) is 15.3. The summed E-state index contributed by atoms with van der Waals surface area (Å²) >= 11 is 15.5. The smallest absolute Gasteiger partial charge is 0.246 e. The van der Waals surface area contributed by atoms with Gasteiger partial charge in [-0.25, -0.2) is 15.0 Å². The monoisotopic (exact) mass is 1160 g/mol. The first-order chi connectivity index (χ1) is 37.8. The van der Waals surface area contributed by atoms with Gasteiger partial charge in [-0.2, -0.15) is 0 Å². The minimum atomic E-state index is -0.847. The van der Waals surface area contributed by atoms with Crippen LogP contribution in [0, 0.1) is 17.8 Å². The number of amides is 4. The molecule has 3 saturated heterocycles. The highest BCUT2D eigenvalue weighted by molar-refractivity contribution is 7.99. The molecule has 7 N–H and O–H groups in total. The van der Waals surface area contributed by atoms with Gasteiger partial charge in [0.25, 0.3) is 0 Å². The van der Waals surface area contributed by atoms with Crippen LogP contribution in [0.2, 0.25) is 10.0 Å². The van der Waals surface area contributed by atoms with Crippen molar-refractivity contribution < 1.29 is 24.3 Å². The molecule has 3 fully saturated rings. The van der Waals surface area contributed by atoms with Crippen LogP contribution in [-0.2, 0) is 19.2 Å². The van der Waals surface area contributed by atoms with Crippen LogP contribution in [0.25, 0.3) is 10.4 Å². The maximum absolute atomic E-state index is 14.1. The predicted octanol–water partition coefficient (Wildman–Crippen LogP) is 10.1. The zero-order valence-corrected chi connectivity index (χ0v) is 50.3. The number of thiazole rings is 1. The summed E-state index contributed by atoms with van der Waals surface area (Å²) in [6, 6.07) is 11.5. The number of nitrogen functional groups attached to an aromatic ring is 1. The summed E-state index contributed by atoms with van der Waals surface area (Å²) in [7, 11) is 0. The number of aliphatic hydroxyl groups excluding tert-OH is 1. The van der Waals surface area contributed by atoms with Crippen molar-refractivity contribution in [1.82, 2.24) is 40.3 Å². The van der Waals surface area contributed by atoms with Crippen molar-refractivity contribution in [2.45, 2.75) is 172 Å². The Labute approximate surface area is 486 Å². The van der Waals surface area contributed by atoms with Gasteiger partial charge in [0, 0.05) is 70.0 Å². The third-order valence-electron chi connectivity index (χ3n) is 16.2. The number of aliphatic hydroxyl groups is 1. The molecular weight excluding hydrogens is 1080 g/mol. The number of benzene rings is 2. The molecule has 5 heterocycles. The number of aromatic nitrogens is 3. The van der Waals surface area contributed by atoms with Crippen molar-refractivity contribution in [3.05, 3.63) is 75.5 Å². The Hall–Kier alpha value is -4.56. The number of β-amino-alcohol motifs (C(OH)–C–C–N with tert-alkyl or cyclic N) is 1. The molecule has 7 rings (SSSR count). The van der Waals surface area contributed by atoms with Crippen LogP contribution >= 0.6 is 46.3 Å². The number of hydrogen-bond acceptors (Lipinski definition) is 14. The first-order valence-electron chi connectivity index (χ1n) is 28.6. The summed E-state index contributed by atoms with van der Waals surface area (Å²) in [5.41, 5.74) is 17.0. The summed E-state index contributed by atoms with van der Waals surface area (Å²) in [5.74, 6) is 0.539. The van der Waals surface area contributed by atoms with E-state index in [1.165, 1.54) is 16.7 Å². The molecule has 0 spiro atoms. The average Bonchev–Trinajstić information content (AvgIpc) is 4.14. The average molecular weight is 1160 g/mol. The van der Waals surface area contributed by atoms with Crippen molar-refractivity contribution in [2.75, 3.05) is 69.5 Å². The fourth-order valence-electron chi connectivity index (χ4n) is 11.1. The van der Waals surface area contributed by atoms with Gasteiger partial charge in [-0.15, -0.1) is 11.3 Å². The summed E-state index contributed by atoms with van der Waals surface area (Å²) in [5, 5.41) is 18.3. The molecule has 16 nitrogen and oxygen atoms in total. The number of carbonyl (C=O) groups is 4. The zero-order chi connectivity index (χ0) is 56.7. The van der Waals surface area contributed by atoms with Crippen molar-refractivity contribution in [3.8, 4) is 10.4 Å². The summed E-state index contributed by atoms with van der Waals surface area (Å²) in [6.45, 7) is 16.5. The first-order valence-corrected chi connectivity index (χ1v) is 31.1. The van der Waals surface area contributed by atoms with Crippen LogP contribution in [-0.4, -0.2) is 135 Å². The number of piperidine rings is 1. The molecule has 3 aliphatic rings. The molecule has 0 unspecified atom stereocenters. The second-order valence-corrected chi connectivity index (χ2v) is 25.8. The van der Waals surface area contributed by atoms with Gasteiger partial charge in [0.2, 0.25) is 23.6 Å². The Kier molecular flexibility index (Phi) is 23.1. The van der Waals surface area contributed by atoms with Crippen LogP contribution in [0.4, 0.5) is 11.6 Å². The number of unbranched alkanes of at least 4 members (excludes halogenated alkanes) is 8. The number of nitrogens with zero attached hydrogens (tertiary/aromatic N) is 7. The van der Waals surface area contributed by atoms with E-state index in [0.29, 0.717) is 40.3 Å². The molecule has 4 atom stereocenters. The van der Waals surface area contributed by atoms with Crippen LogP contribution in [0.3, 0.4) is 0 Å². The molecule has 4 amide bonds. The van der Waals surface area contributed by atoms with Crippen molar-refractivity contribution in [1.29, 1.82) is 0 Å². The molecule has 0 radical (unpaired) electrons. The standard InChI is InChI=1S/C59H85Cl2N11O5S2/c1-40(42-21-23-43(24-22-42)52-41(2)65-39-78-52)66-55(76)46-35-44(73)37-72(46)57(77)53(58(3,4)5)68-49(74)19-12-9-7-6-8-10-15-28-69-31-33-71(34-32-69)50(75)20-13-11-14-25-59(38-62)26-29-70(30-27-59)48-36-64-56(54(63)67-48)79-47-18-16-17-45(60)51(47)61/h16-18,21-24,36,39-40,44,46,53,73H,6-15,19-20,25-35,37-38,62H2,1-5H3,(H2,63,67)(H,66,76)(H,68,74)/t40-,44+,46-,53+/m0/s1. The minimum Gasteiger partial charge on any atom is -0.391 e. The number of rotatable bonds is 26. The predicted molar refractivity (Wildman–Crippen MR) is 319 cm³/mol. The van der Waals surface area contributed by atoms with E-state index in [-0.39, 0.29) is 48.1 Å². The normalized spacial score (nSPS) is 18.6. The number of nitrogens with two attached hydrogens (primary N) is 2. The lowest BCUT2D eigenvalue weighted by atomic mass is 9.74. The number of aryl methyl sites for hydroxylation is 1. The highest BCUT2D eigenvalue weighted by Gasteiger charge is 2.45. The van der Waals surface area contributed by atoms with E-state index in [9.17, 15) is 24.3 Å². The van der Waals surface area contributed by atoms with E-state index in [1.54, 1.807) is 23.6 Å². The Morgan fingerprint density at radius 1 is 0.873 bits per heavy atom. The fourth-order valence-corrected chi connectivity index (χ4v) is 13.2. The molecular formula is C59H85Cl2N11O5S2. The van der Waals surface area contributed by atoms with E-state index in [0.717, 1.165) is 162 Å². The van der Waals surface area contributed by atoms with Gasteiger partial charge in [0.1, 0.15) is 22.9 Å². The summed E-state index contributed by atoms with van der Waals surface area (Å²) < 4.78 is 0. The number of piperazine rings is 1. The van der Waals surface area contributed by atoms with Gasteiger partial charge in [-0.3, -0.25) is 24.1 Å². The molecule has 0 aliphatic carbocycles. The Bertz CT molecular complexity index is 2640. The van der Waals surface area contributed by atoms with E-state index in [4.69, 9.17) is 34.7 Å². The summed E-state index contributed by atoms with van der Waals surface area (Å²) in [4.78, 5) is 78.0. The third kappa shape index (κ3) is 17.5. The highest BCUT2D eigenvalue weighted by atomic mass is 35.5. The maximum Gasteiger partial charge on any atom is 0.246 e. The Balaban J connectivity index is 0.707. The Morgan fingerprint density at radius 2 is 1.54 bits per heavy atom. The van der Waals surface area contributed by atoms with E-state index >= 15 is 0 Å². The van der Waals surface area contributed by atoms with Gasteiger partial charge < -0.3 is 41.9 Å². The number of anilines is 2. The van der Waals surface area contributed by atoms with Crippen LogP contribution in [0.1, 0.15) is 148 Å². The van der Waals surface area contributed by atoms with Crippen molar-refractivity contribution in [3.63, 3.8) is 0 Å². The van der Waals surface area contributed by atoms with Gasteiger partial charge in [-0.1, -0.05) is 131 Å². The fraction of sp³-hybridized carbons (Fsp3) is 0.610. The molecule has 4 aromatic rings. The zero-order valence-electron chi connectivity index (χ0n) is 47.1. The molecule has 20 heteroatoms. The van der Waals surface area contributed by atoms with E-state index < -0.39 is 23.6 Å².